The van der Waals surface area contributed by atoms with Gasteiger partial charge in [-0.15, -0.1) is 0 Å². The van der Waals surface area contributed by atoms with Crippen LogP contribution < -0.4 is 21.7 Å². The Morgan fingerprint density at radius 1 is 0.897 bits per heavy atom. The van der Waals surface area contributed by atoms with Crippen LogP contribution in [0.4, 0.5) is 0 Å². The number of hydrogen-bond donors (Lipinski definition) is 8. The van der Waals surface area contributed by atoms with Crippen molar-refractivity contribution in [3.63, 3.8) is 0 Å². The predicted octanol–water partition coefficient (Wildman–Crippen LogP) is -2.71. The second kappa shape index (κ2) is 12.2. The molecule has 3 amide bonds. The summed E-state index contributed by atoms with van der Waals surface area (Å²) in [5.74, 6) is -5.99. The molecule has 5 atom stereocenters. The first-order valence-corrected chi connectivity index (χ1v) is 9.35. The second-order valence-corrected chi connectivity index (χ2v) is 7.10. The van der Waals surface area contributed by atoms with Gasteiger partial charge in [-0.3, -0.25) is 19.2 Å². The van der Waals surface area contributed by atoms with Crippen LogP contribution in [0.15, 0.2) is 0 Å². The Hall–Kier alpha value is -2.38. The molecule has 0 fully saturated rings. The first-order valence-electron chi connectivity index (χ1n) is 8.72. The lowest BCUT2D eigenvalue weighted by molar-refractivity contribution is -0.147. The second-order valence-electron chi connectivity index (χ2n) is 6.74. The number of carbonyl (C=O) groups is 5. The fourth-order valence-corrected chi connectivity index (χ4v) is 2.32. The normalized spacial score (nSPS) is 16.1. The number of carbonyl (C=O) groups excluding carboxylic acids is 3. The van der Waals surface area contributed by atoms with Gasteiger partial charge < -0.3 is 37.0 Å². The molecule has 0 heterocycles. The molecule has 0 radical (unpaired) electrons. The van der Waals surface area contributed by atoms with Crippen LogP contribution in [0, 0.1) is 5.92 Å². The minimum Gasteiger partial charge on any atom is -0.481 e. The number of nitrogens with one attached hydrogen (secondary N) is 3. The largest absolute Gasteiger partial charge is 0.481 e. The number of aliphatic hydroxyl groups is 1. The Morgan fingerprint density at radius 2 is 1.41 bits per heavy atom. The maximum Gasteiger partial charge on any atom is 0.326 e. The molecular formula is C16H28N4O8S. The maximum absolute atomic E-state index is 12.4. The third-order valence-electron chi connectivity index (χ3n) is 3.89. The number of carboxylic acid groups (broad SMARTS) is 2. The maximum atomic E-state index is 12.4. The quantitative estimate of drug-likeness (QED) is 0.149. The van der Waals surface area contributed by atoms with Gasteiger partial charge in [-0.1, -0.05) is 13.8 Å². The highest BCUT2D eigenvalue weighted by Crippen LogP contribution is 2.02. The van der Waals surface area contributed by atoms with Gasteiger partial charge in [0.15, 0.2) is 0 Å². The molecule has 8 N–H and O–H groups in total. The van der Waals surface area contributed by atoms with Gasteiger partial charge in [-0.2, -0.15) is 12.6 Å². The lowest BCUT2D eigenvalue weighted by Gasteiger charge is -2.26. The third-order valence-corrected chi connectivity index (χ3v) is 4.26. The van der Waals surface area contributed by atoms with Crippen LogP contribution >= 0.6 is 12.6 Å². The highest BCUT2D eigenvalue weighted by Gasteiger charge is 2.33. The van der Waals surface area contributed by atoms with Crippen LogP contribution in [0.1, 0.15) is 27.2 Å². The van der Waals surface area contributed by atoms with Gasteiger partial charge in [-0.05, 0) is 12.8 Å². The van der Waals surface area contributed by atoms with Gasteiger partial charge >= 0.3 is 11.9 Å². The van der Waals surface area contributed by atoms with E-state index in [0.717, 1.165) is 0 Å². The molecule has 0 bridgehead atoms. The average molecular weight is 436 g/mol. The third kappa shape index (κ3) is 9.11. The van der Waals surface area contributed by atoms with Crippen LogP contribution in [0.5, 0.6) is 0 Å². The highest BCUT2D eigenvalue weighted by molar-refractivity contribution is 7.80. The van der Waals surface area contributed by atoms with Gasteiger partial charge in [0.1, 0.15) is 18.1 Å². The molecule has 0 rings (SSSR count). The average Bonchev–Trinajstić information content (AvgIpc) is 2.61. The molecule has 0 aliphatic heterocycles. The lowest BCUT2D eigenvalue weighted by Crippen LogP contribution is -2.60. The molecule has 0 saturated heterocycles. The van der Waals surface area contributed by atoms with Gasteiger partial charge in [-0.25, -0.2) is 4.79 Å². The number of nitrogens with two attached hydrogens (primary N) is 1. The minimum absolute atomic E-state index is 0.146. The Morgan fingerprint density at radius 3 is 1.79 bits per heavy atom. The molecule has 0 aromatic carbocycles. The van der Waals surface area contributed by atoms with E-state index in [9.17, 15) is 29.1 Å². The van der Waals surface area contributed by atoms with E-state index in [-0.39, 0.29) is 11.7 Å². The Kier molecular flexibility index (Phi) is 11.2. The summed E-state index contributed by atoms with van der Waals surface area (Å²) in [4.78, 5) is 58.5. The molecular weight excluding hydrogens is 408 g/mol. The van der Waals surface area contributed by atoms with E-state index in [1.165, 1.54) is 6.92 Å². The minimum atomic E-state index is -1.76. The van der Waals surface area contributed by atoms with Crippen molar-refractivity contribution in [3.8, 4) is 0 Å². The van der Waals surface area contributed by atoms with E-state index in [1.54, 1.807) is 13.8 Å². The van der Waals surface area contributed by atoms with Crippen LogP contribution in [0.2, 0.25) is 0 Å². The summed E-state index contributed by atoms with van der Waals surface area (Å²) in [6.45, 7) is 4.59. The topological polar surface area (TPSA) is 208 Å². The van der Waals surface area contributed by atoms with Crippen molar-refractivity contribution in [1.82, 2.24) is 16.0 Å². The molecule has 12 nitrogen and oxygen atoms in total. The van der Waals surface area contributed by atoms with Crippen LogP contribution in [-0.4, -0.2) is 81.0 Å². The number of aliphatic hydroxyl groups excluding tert-OH is 1. The molecule has 29 heavy (non-hydrogen) atoms. The summed E-state index contributed by atoms with van der Waals surface area (Å²) in [6.07, 6.45) is -2.35. The SMILES string of the molecule is CC(C)C(N)C(=O)NC(CS)C(=O)NC(C(=O)NC(CC(=O)O)C(=O)O)C(C)O. The molecule has 0 aromatic rings. The number of amides is 3. The first kappa shape index (κ1) is 26.6. The summed E-state index contributed by atoms with van der Waals surface area (Å²) in [5, 5.41) is 34.0. The lowest BCUT2D eigenvalue weighted by atomic mass is 10.0. The molecule has 0 spiro atoms. The molecule has 0 saturated carbocycles. The van der Waals surface area contributed by atoms with E-state index < -0.39 is 66.4 Å². The van der Waals surface area contributed by atoms with E-state index >= 15 is 0 Å². The zero-order chi connectivity index (χ0) is 22.9. The number of aliphatic carboxylic acids is 2. The summed E-state index contributed by atoms with van der Waals surface area (Å²) in [5.41, 5.74) is 5.71. The zero-order valence-corrected chi connectivity index (χ0v) is 17.2. The van der Waals surface area contributed by atoms with E-state index in [0.29, 0.717) is 0 Å². The monoisotopic (exact) mass is 436 g/mol. The number of carboxylic acids is 2. The van der Waals surface area contributed by atoms with Crippen molar-refractivity contribution in [1.29, 1.82) is 0 Å². The molecule has 5 unspecified atom stereocenters. The van der Waals surface area contributed by atoms with Crippen LogP contribution in [0.25, 0.3) is 0 Å². The van der Waals surface area contributed by atoms with Gasteiger partial charge in [0, 0.05) is 5.75 Å². The van der Waals surface area contributed by atoms with E-state index in [4.69, 9.17) is 15.9 Å². The fourth-order valence-electron chi connectivity index (χ4n) is 2.06. The number of rotatable bonds is 12. The molecule has 166 valence electrons. The van der Waals surface area contributed by atoms with Crippen LogP contribution in [-0.2, 0) is 24.0 Å². The summed E-state index contributed by atoms with van der Waals surface area (Å²) < 4.78 is 0. The van der Waals surface area contributed by atoms with Crippen molar-refractivity contribution in [3.05, 3.63) is 0 Å². The zero-order valence-electron chi connectivity index (χ0n) is 16.3. The molecule has 0 aliphatic carbocycles. The summed E-state index contributed by atoms with van der Waals surface area (Å²) in [7, 11) is 0. The Bertz CT molecular complexity index is 628. The first-order chi connectivity index (χ1) is 13.3. The number of thiol groups is 1. The summed E-state index contributed by atoms with van der Waals surface area (Å²) >= 11 is 3.97. The molecule has 13 heteroatoms. The van der Waals surface area contributed by atoms with Gasteiger partial charge in [0.05, 0.1) is 18.6 Å². The summed E-state index contributed by atoms with van der Waals surface area (Å²) in [6, 6.07) is -5.42. The molecule has 0 aliphatic rings. The standard InChI is InChI=1S/C16H28N4O8S/c1-6(2)11(17)14(25)19-9(5-29)13(24)20-12(7(3)21)15(26)18-8(16(27)28)4-10(22)23/h6-9,11-12,21,29H,4-5,17H2,1-3H3,(H,18,26)(H,19,25)(H,20,24)(H,22,23)(H,27,28). The predicted molar refractivity (Wildman–Crippen MR) is 104 cm³/mol. The van der Waals surface area contributed by atoms with Crippen molar-refractivity contribution in [2.45, 2.75) is 57.5 Å². The van der Waals surface area contributed by atoms with E-state index in [1.807, 2.05) is 5.32 Å². The van der Waals surface area contributed by atoms with Crippen LogP contribution in [0.3, 0.4) is 0 Å². The van der Waals surface area contributed by atoms with Crippen molar-refractivity contribution in [2.24, 2.45) is 11.7 Å². The van der Waals surface area contributed by atoms with Crippen molar-refractivity contribution in [2.75, 3.05) is 5.75 Å². The molecule has 0 aromatic heterocycles. The number of hydrogen-bond acceptors (Lipinski definition) is 8. The Labute approximate surface area is 173 Å². The van der Waals surface area contributed by atoms with Gasteiger partial charge in [0.25, 0.3) is 0 Å². The van der Waals surface area contributed by atoms with E-state index in [2.05, 4.69) is 23.3 Å². The smallest absolute Gasteiger partial charge is 0.326 e. The Balaban J connectivity index is 5.22. The van der Waals surface area contributed by atoms with Gasteiger partial charge in [0.2, 0.25) is 17.7 Å². The van der Waals surface area contributed by atoms with Crippen molar-refractivity contribution < 1.29 is 39.3 Å². The fraction of sp³-hybridized carbons (Fsp3) is 0.688. The highest BCUT2D eigenvalue weighted by atomic mass is 32.1. The van der Waals surface area contributed by atoms with Crippen molar-refractivity contribution >= 4 is 42.3 Å².